The van der Waals surface area contributed by atoms with Crippen molar-refractivity contribution in [2.24, 2.45) is 0 Å². The molecule has 1 aliphatic heterocycles. The highest BCUT2D eigenvalue weighted by molar-refractivity contribution is 7.93. The van der Waals surface area contributed by atoms with Gasteiger partial charge in [-0.1, -0.05) is 30.3 Å². The van der Waals surface area contributed by atoms with Crippen molar-refractivity contribution in [3.8, 4) is 0 Å². The third-order valence-electron chi connectivity index (χ3n) is 4.91. The second kappa shape index (κ2) is 8.02. The zero-order valence-electron chi connectivity index (χ0n) is 15.5. The number of hydrogen-bond donors (Lipinski definition) is 3. The number of rotatable bonds is 5. The Balaban J connectivity index is 1.71. The van der Waals surface area contributed by atoms with Crippen LogP contribution in [0.25, 0.3) is 10.8 Å². The largest absolute Gasteiger partial charge is 0.324 e. The molecule has 0 aromatic heterocycles. The maximum atomic E-state index is 13.1. The van der Waals surface area contributed by atoms with Gasteiger partial charge in [-0.3, -0.25) is 9.52 Å². The summed E-state index contributed by atoms with van der Waals surface area (Å²) in [6, 6.07) is 15.7. The molecule has 3 N–H and O–H groups in total. The Kier molecular flexibility index (Phi) is 5.45. The average molecular weight is 430 g/mol. The van der Waals surface area contributed by atoms with Crippen molar-refractivity contribution in [3.05, 3.63) is 65.7 Å². The lowest BCUT2D eigenvalue weighted by molar-refractivity contribution is -0.113. The molecule has 29 heavy (non-hydrogen) atoms. The molecule has 1 amide bonds. The summed E-state index contributed by atoms with van der Waals surface area (Å²) in [6.45, 7) is 1.67. The Labute approximate surface area is 174 Å². The topological polar surface area (TPSA) is 87.3 Å². The molecule has 1 aliphatic rings. The fourth-order valence-electron chi connectivity index (χ4n) is 3.56. The van der Waals surface area contributed by atoms with E-state index in [2.05, 4.69) is 15.4 Å². The number of benzene rings is 3. The lowest BCUT2D eigenvalue weighted by Gasteiger charge is -2.18. The number of hydrogen-bond acceptors (Lipinski definition) is 4. The molecule has 6 nitrogen and oxygen atoms in total. The lowest BCUT2D eigenvalue weighted by Crippen LogP contribution is -2.23. The van der Waals surface area contributed by atoms with Gasteiger partial charge >= 0.3 is 0 Å². The van der Waals surface area contributed by atoms with E-state index in [1.54, 1.807) is 42.5 Å². The average Bonchev–Trinajstić information content (AvgIpc) is 2.73. The Morgan fingerprint density at radius 2 is 1.83 bits per heavy atom. The molecular weight excluding hydrogens is 410 g/mol. The highest BCUT2D eigenvalue weighted by Gasteiger charge is 2.19. The number of carbonyl (C=O) groups is 1. The summed E-state index contributed by atoms with van der Waals surface area (Å²) in [6.07, 6.45) is 0.864. The first-order valence-corrected chi connectivity index (χ1v) is 11.2. The van der Waals surface area contributed by atoms with Crippen molar-refractivity contribution in [3.63, 3.8) is 0 Å². The monoisotopic (exact) mass is 429 g/mol. The van der Waals surface area contributed by atoms with Gasteiger partial charge in [0.1, 0.15) is 5.88 Å². The van der Waals surface area contributed by atoms with Gasteiger partial charge in [0.2, 0.25) is 5.91 Å². The number of alkyl halides is 1. The second-order valence-corrected chi connectivity index (χ2v) is 8.77. The van der Waals surface area contributed by atoms with Crippen LogP contribution in [0.3, 0.4) is 0 Å². The predicted octanol–water partition coefficient (Wildman–Crippen LogP) is 3.46. The van der Waals surface area contributed by atoms with Crippen LogP contribution in [0.5, 0.6) is 0 Å². The van der Waals surface area contributed by atoms with E-state index < -0.39 is 10.0 Å². The van der Waals surface area contributed by atoms with Gasteiger partial charge in [0.05, 0.1) is 4.90 Å². The molecule has 0 fully saturated rings. The van der Waals surface area contributed by atoms with Crippen LogP contribution in [0.2, 0.25) is 0 Å². The quantitative estimate of drug-likeness (QED) is 0.542. The highest BCUT2D eigenvalue weighted by Crippen LogP contribution is 2.30. The minimum atomic E-state index is -3.82. The molecule has 1 heterocycles. The maximum absolute atomic E-state index is 13.1. The van der Waals surface area contributed by atoms with Gasteiger partial charge in [0, 0.05) is 28.7 Å². The van der Waals surface area contributed by atoms with Gasteiger partial charge in [-0.05, 0) is 48.4 Å². The van der Waals surface area contributed by atoms with Crippen LogP contribution in [0.15, 0.2) is 59.5 Å². The Morgan fingerprint density at radius 3 is 2.66 bits per heavy atom. The molecule has 4 rings (SSSR count). The molecule has 3 aromatic carbocycles. The molecular formula is C21H20ClN3O3S. The summed E-state index contributed by atoms with van der Waals surface area (Å²) < 4.78 is 29.0. The maximum Gasteiger partial charge on any atom is 0.262 e. The molecule has 0 bridgehead atoms. The first kappa shape index (κ1) is 19.7. The smallest absolute Gasteiger partial charge is 0.262 e. The van der Waals surface area contributed by atoms with Gasteiger partial charge in [0.15, 0.2) is 0 Å². The van der Waals surface area contributed by atoms with Crippen LogP contribution < -0.4 is 15.4 Å². The molecule has 150 valence electrons. The van der Waals surface area contributed by atoms with E-state index in [1.165, 1.54) is 5.56 Å². The van der Waals surface area contributed by atoms with Crippen molar-refractivity contribution in [2.75, 3.05) is 22.5 Å². The van der Waals surface area contributed by atoms with E-state index in [1.807, 2.05) is 12.1 Å². The summed E-state index contributed by atoms with van der Waals surface area (Å²) in [5, 5.41) is 7.16. The van der Waals surface area contributed by atoms with Crippen molar-refractivity contribution in [1.82, 2.24) is 5.32 Å². The minimum absolute atomic E-state index is 0.149. The van der Waals surface area contributed by atoms with E-state index in [-0.39, 0.29) is 16.7 Å². The third kappa shape index (κ3) is 4.07. The normalized spacial score (nSPS) is 13.7. The van der Waals surface area contributed by atoms with Gasteiger partial charge in [-0.2, -0.15) is 0 Å². The predicted molar refractivity (Wildman–Crippen MR) is 116 cm³/mol. The van der Waals surface area contributed by atoms with Crippen LogP contribution in [-0.4, -0.2) is 26.7 Å². The number of nitrogens with one attached hydrogen (secondary N) is 3. The summed E-state index contributed by atoms with van der Waals surface area (Å²) in [5.74, 6) is -0.529. The van der Waals surface area contributed by atoms with Gasteiger partial charge in [-0.25, -0.2) is 8.42 Å². The number of sulfonamides is 1. The number of amides is 1. The lowest BCUT2D eigenvalue weighted by atomic mass is 10.0. The van der Waals surface area contributed by atoms with E-state index in [4.69, 9.17) is 11.6 Å². The van der Waals surface area contributed by atoms with Gasteiger partial charge in [-0.15, -0.1) is 11.6 Å². The number of fused-ring (bicyclic) bond motifs is 2. The summed E-state index contributed by atoms with van der Waals surface area (Å²) in [7, 11) is -3.82. The number of anilines is 2. The van der Waals surface area contributed by atoms with Crippen molar-refractivity contribution in [2.45, 2.75) is 17.9 Å². The Hall–Kier alpha value is -2.61. The summed E-state index contributed by atoms with van der Waals surface area (Å²) in [4.78, 5) is 11.8. The van der Waals surface area contributed by atoms with Crippen LogP contribution in [0, 0.1) is 0 Å². The van der Waals surface area contributed by atoms with Crippen LogP contribution in [0.4, 0.5) is 11.4 Å². The van der Waals surface area contributed by atoms with Crippen LogP contribution >= 0.6 is 11.6 Å². The standard InChI is InChI=1S/C21H20ClN3O3S/c22-12-21(26)24-19-5-1-4-18-17(19)3-2-6-20(18)29(27,28)25-16-8-7-15-13-23-10-9-14(15)11-16/h1-8,11,23,25H,9-10,12-13H2,(H,24,26). The van der Waals surface area contributed by atoms with Gasteiger partial charge < -0.3 is 10.6 Å². The molecule has 0 aliphatic carbocycles. The van der Waals surface area contributed by atoms with Crippen molar-refractivity contribution < 1.29 is 13.2 Å². The van der Waals surface area contributed by atoms with Crippen LogP contribution in [-0.2, 0) is 27.8 Å². The van der Waals surface area contributed by atoms with Gasteiger partial charge in [0.25, 0.3) is 10.0 Å². The van der Waals surface area contributed by atoms with E-state index >= 15 is 0 Å². The summed E-state index contributed by atoms with van der Waals surface area (Å²) in [5.41, 5.74) is 3.39. The Morgan fingerprint density at radius 1 is 1.03 bits per heavy atom. The van der Waals surface area contributed by atoms with Crippen molar-refractivity contribution >= 4 is 49.7 Å². The SMILES string of the molecule is O=C(CCl)Nc1cccc2c(S(=O)(=O)Nc3ccc4c(c3)CCNC4)cccc12. The minimum Gasteiger partial charge on any atom is -0.324 e. The number of halogens is 1. The zero-order valence-corrected chi connectivity index (χ0v) is 17.1. The second-order valence-electron chi connectivity index (χ2n) is 6.85. The molecule has 3 aromatic rings. The first-order valence-electron chi connectivity index (χ1n) is 9.21. The van der Waals surface area contributed by atoms with Crippen molar-refractivity contribution in [1.29, 1.82) is 0 Å². The molecule has 0 unspecified atom stereocenters. The summed E-state index contributed by atoms with van der Waals surface area (Å²) >= 11 is 5.58. The molecule has 0 saturated heterocycles. The molecule has 0 radical (unpaired) electrons. The fraction of sp³-hybridized carbons (Fsp3) is 0.190. The van der Waals surface area contributed by atoms with E-state index in [9.17, 15) is 13.2 Å². The first-order chi connectivity index (χ1) is 14.0. The molecule has 0 spiro atoms. The molecule has 8 heteroatoms. The van der Waals surface area contributed by atoms with E-state index in [0.717, 1.165) is 25.1 Å². The fourth-order valence-corrected chi connectivity index (χ4v) is 4.90. The Bertz CT molecular complexity index is 1190. The molecule has 0 atom stereocenters. The van der Waals surface area contributed by atoms with E-state index in [0.29, 0.717) is 22.1 Å². The third-order valence-corrected chi connectivity index (χ3v) is 6.59. The zero-order chi connectivity index (χ0) is 20.4. The molecule has 0 saturated carbocycles. The highest BCUT2D eigenvalue weighted by atomic mass is 35.5. The number of carbonyl (C=O) groups excluding carboxylic acids is 1. The van der Waals surface area contributed by atoms with Crippen LogP contribution in [0.1, 0.15) is 11.1 Å².